The summed E-state index contributed by atoms with van der Waals surface area (Å²) in [4.78, 5) is 12.4. The Hall–Kier alpha value is -2.42. The molecule has 2 aromatic rings. The lowest BCUT2D eigenvalue weighted by Crippen LogP contribution is -2.31. The summed E-state index contributed by atoms with van der Waals surface area (Å²) in [5, 5.41) is 27.8. The number of hydrogen-bond acceptors (Lipinski definition) is 4. The van der Waals surface area contributed by atoms with Crippen LogP contribution in [0.25, 0.3) is 11.3 Å². The maximum absolute atomic E-state index is 12.4. The van der Waals surface area contributed by atoms with Crippen LogP contribution in [0.4, 0.5) is 0 Å². The molecule has 2 rings (SSSR count). The molecule has 0 bridgehead atoms. The molecule has 0 spiro atoms. The largest absolute Gasteiger partial charge is 0.394 e. The lowest BCUT2D eigenvalue weighted by atomic mass is 10.0. The normalized spacial score (nSPS) is 12.2. The molecule has 0 fully saturated rings. The van der Waals surface area contributed by atoms with E-state index in [9.17, 15) is 9.90 Å². The van der Waals surface area contributed by atoms with Crippen LogP contribution in [0.2, 0.25) is 0 Å². The van der Waals surface area contributed by atoms with Crippen LogP contribution in [0, 0.1) is 11.3 Å². The summed E-state index contributed by atoms with van der Waals surface area (Å²) < 4.78 is 1.34. The van der Waals surface area contributed by atoms with Crippen molar-refractivity contribution in [3.63, 3.8) is 0 Å². The summed E-state index contributed by atoms with van der Waals surface area (Å²) in [6, 6.07) is 12.8. The first kappa shape index (κ1) is 16.9. The van der Waals surface area contributed by atoms with E-state index in [0.29, 0.717) is 11.6 Å². The highest BCUT2D eigenvalue weighted by Gasteiger charge is 2.14. The minimum atomic E-state index is -1.06. The lowest BCUT2D eigenvalue weighted by molar-refractivity contribution is 0.0807. The van der Waals surface area contributed by atoms with E-state index in [1.807, 2.05) is 30.3 Å². The number of benzene rings is 1. The number of aliphatic hydroxyl groups excluding tert-OH is 2. The molecule has 0 aliphatic heterocycles. The van der Waals surface area contributed by atoms with Crippen LogP contribution in [0.3, 0.4) is 0 Å². The average Bonchev–Trinajstić information content (AvgIpc) is 2.56. The van der Waals surface area contributed by atoms with Gasteiger partial charge in [0.1, 0.15) is 11.6 Å². The van der Waals surface area contributed by atoms with Crippen LogP contribution in [-0.4, -0.2) is 27.5 Å². The van der Waals surface area contributed by atoms with Crippen molar-refractivity contribution in [1.82, 2.24) is 4.57 Å². The predicted octanol–water partition coefficient (Wildman–Crippen LogP) is 1.86. The summed E-state index contributed by atoms with van der Waals surface area (Å²) in [5.74, 6) is 0.406. The molecule has 0 saturated heterocycles. The zero-order valence-corrected chi connectivity index (χ0v) is 13.2. The molecule has 0 radical (unpaired) electrons. The van der Waals surface area contributed by atoms with Gasteiger partial charge in [-0.2, -0.15) is 5.26 Å². The van der Waals surface area contributed by atoms with E-state index >= 15 is 0 Å². The predicted molar refractivity (Wildman–Crippen MR) is 88.0 cm³/mol. The summed E-state index contributed by atoms with van der Waals surface area (Å²) >= 11 is 0. The molecular formula is C18H20N2O3. The van der Waals surface area contributed by atoms with Crippen molar-refractivity contribution >= 4 is 0 Å². The Kier molecular flexibility index (Phi) is 5.32. The van der Waals surface area contributed by atoms with Crippen molar-refractivity contribution in [3.05, 3.63) is 57.9 Å². The third-order valence-corrected chi connectivity index (χ3v) is 3.77. The Morgan fingerprint density at radius 2 is 1.83 bits per heavy atom. The molecule has 1 unspecified atom stereocenters. The van der Waals surface area contributed by atoms with E-state index in [1.54, 1.807) is 6.07 Å². The van der Waals surface area contributed by atoms with Crippen molar-refractivity contribution in [2.45, 2.75) is 32.4 Å². The standard InChI is InChI=1S/C18H20N2O3/c1-12(2)13-3-5-14(6-4-13)17-8-7-15(9-19)18(23)20(17)10-16(22)11-21/h3-8,12,16,21-22H,10-11H2,1-2H3. The molecule has 23 heavy (non-hydrogen) atoms. The molecule has 1 aromatic heterocycles. The molecule has 1 heterocycles. The monoisotopic (exact) mass is 312 g/mol. The first-order chi connectivity index (χ1) is 11.0. The van der Waals surface area contributed by atoms with E-state index < -0.39 is 18.3 Å². The Bertz CT molecular complexity index is 770. The van der Waals surface area contributed by atoms with Gasteiger partial charge in [0.2, 0.25) is 0 Å². The molecule has 1 atom stereocenters. The van der Waals surface area contributed by atoms with E-state index in [-0.39, 0.29) is 12.1 Å². The van der Waals surface area contributed by atoms with E-state index in [1.165, 1.54) is 16.2 Å². The fourth-order valence-corrected chi connectivity index (χ4v) is 2.40. The van der Waals surface area contributed by atoms with Gasteiger partial charge in [0, 0.05) is 0 Å². The molecule has 120 valence electrons. The van der Waals surface area contributed by atoms with Crippen LogP contribution >= 0.6 is 0 Å². The fourth-order valence-electron chi connectivity index (χ4n) is 2.40. The molecule has 5 heteroatoms. The Morgan fingerprint density at radius 1 is 1.17 bits per heavy atom. The molecular weight excluding hydrogens is 292 g/mol. The first-order valence-electron chi connectivity index (χ1n) is 7.51. The number of nitrogens with zero attached hydrogens (tertiary/aromatic N) is 2. The Labute approximate surface area is 135 Å². The van der Waals surface area contributed by atoms with Crippen LogP contribution in [-0.2, 0) is 6.54 Å². The number of hydrogen-bond donors (Lipinski definition) is 2. The Morgan fingerprint density at radius 3 is 2.35 bits per heavy atom. The number of rotatable bonds is 5. The quantitative estimate of drug-likeness (QED) is 0.882. The third kappa shape index (κ3) is 3.67. The van der Waals surface area contributed by atoms with Crippen molar-refractivity contribution in [2.24, 2.45) is 0 Å². The van der Waals surface area contributed by atoms with Crippen molar-refractivity contribution in [3.8, 4) is 17.3 Å². The molecule has 1 aromatic carbocycles. The number of pyridine rings is 1. The average molecular weight is 312 g/mol. The zero-order chi connectivity index (χ0) is 17.0. The van der Waals surface area contributed by atoms with Crippen LogP contribution < -0.4 is 5.56 Å². The molecule has 2 N–H and O–H groups in total. The SMILES string of the molecule is CC(C)c1ccc(-c2ccc(C#N)c(=O)n2CC(O)CO)cc1. The first-order valence-corrected chi connectivity index (χ1v) is 7.51. The topological polar surface area (TPSA) is 86.2 Å². The molecule has 0 saturated carbocycles. The van der Waals surface area contributed by atoms with E-state index in [4.69, 9.17) is 10.4 Å². The molecule has 0 amide bonds. The summed E-state index contributed by atoms with van der Waals surface area (Å²) in [6.45, 7) is 3.69. The van der Waals surface area contributed by atoms with Gasteiger partial charge in [-0.15, -0.1) is 0 Å². The van der Waals surface area contributed by atoms with Gasteiger partial charge < -0.3 is 14.8 Å². The van der Waals surface area contributed by atoms with E-state index in [0.717, 1.165) is 5.56 Å². The van der Waals surface area contributed by atoms with Crippen molar-refractivity contribution < 1.29 is 10.2 Å². The van der Waals surface area contributed by atoms with Gasteiger partial charge in [-0.25, -0.2) is 0 Å². The number of aromatic nitrogens is 1. The number of nitriles is 1. The van der Waals surface area contributed by atoms with Gasteiger partial charge in [0.15, 0.2) is 0 Å². The van der Waals surface area contributed by atoms with Crippen molar-refractivity contribution in [2.75, 3.05) is 6.61 Å². The minimum absolute atomic E-state index is 0.0118. The highest BCUT2D eigenvalue weighted by molar-refractivity contribution is 5.61. The van der Waals surface area contributed by atoms with Gasteiger partial charge in [-0.05, 0) is 29.2 Å². The second-order valence-corrected chi connectivity index (χ2v) is 5.77. The summed E-state index contributed by atoms with van der Waals surface area (Å²) in [7, 11) is 0. The van der Waals surface area contributed by atoms with E-state index in [2.05, 4.69) is 13.8 Å². The second kappa shape index (κ2) is 7.23. The van der Waals surface area contributed by atoms with Gasteiger partial charge in [-0.3, -0.25) is 4.79 Å². The second-order valence-electron chi connectivity index (χ2n) is 5.77. The van der Waals surface area contributed by atoms with Gasteiger partial charge in [0.05, 0.1) is 24.9 Å². The lowest BCUT2D eigenvalue weighted by Gasteiger charge is -2.16. The maximum Gasteiger partial charge on any atom is 0.269 e. The minimum Gasteiger partial charge on any atom is -0.394 e. The number of aliphatic hydroxyl groups is 2. The van der Waals surface area contributed by atoms with Gasteiger partial charge in [0.25, 0.3) is 5.56 Å². The highest BCUT2D eigenvalue weighted by atomic mass is 16.3. The molecule has 0 aliphatic rings. The maximum atomic E-state index is 12.4. The highest BCUT2D eigenvalue weighted by Crippen LogP contribution is 2.22. The summed E-state index contributed by atoms with van der Waals surface area (Å²) in [5.41, 5.74) is 2.16. The molecule has 0 aliphatic carbocycles. The fraction of sp³-hybridized carbons (Fsp3) is 0.333. The van der Waals surface area contributed by atoms with Gasteiger partial charge in [-0.1, -0.05) is 38.1 Å². The summed E-state index contributed by atoms with van der Waals surface area (Å²) in [6.07, 6.45) is -1.06. The van der Waals surface area contributed by atoms with Gasteiger partial charge >= 0.3 is 0 Å². The zero-order valence-electron chi connectivity index (χ0n) is 13.2. The van der Waals surface area contributed by atoms with Crippen LogP contribution in [0.5, 0.6) is 0 Å². The van der Waals surface area contributed by atoms with Crippen LogP contribution in [0.1, 0.15) is 30.9 Å². The Balaban J connectivity index is 2.55. The molecule has 5 nitrogen and oxygen atoms in total. The third-order valence-electron chi connectivity index (χ3n) is 3.77. The smallest absolute Gasteiger partial charge is 0.269 e. The van der Waals surface area contributed by atoms with Crippen LogP contribution in [0.15, 0.2) is 41.2 Å². The van der Waals surface area contributed by atoms with Crippen molar-refractivity contribution in [1.29, 1.82) is 5.26 Å².